The number of aromatic amines is 1. The molecular weight excluding hydrogens is 158 g/mol. The van der Waals surface area contributed by atoms with Crippen LogP contribution in [0.4, 0.5) is 0 Å². The Labute approximate surface area is 67.9 Å². The highest BCUT2D eigenvalue weighted by atomic mass is 16.4. The summed E-state index contributed by atoms with van der Waals surface area (Å²) in [5.41, 5.74) is -0.602. The highest BCUT2D eigenvalue weighted by Crippen LogP contribution is 1.54. The minimum atomic E-state index is -0.723. The molecule has 64 valence electrons. The van der Waals surface area contributed by atoms with E-state index >= 15 is 0 Å². The van der Waals surface area contributed by atoms with Gasteiger partial charge in [0.25, 0.3) is 0 Å². The molecule has 0 aliphatic carbocycles. The number of nitrogens with one attached hydrogen (secondary N) is 1. The largest absolute Gasteiger partial charge is 0.419 e. The lowest BCUT2D eigenvalue weighted by atomic mass is 10.4. The van der Waals surface area contributed by atoms with Crippen LogP contribution < -0.4 is 21.9 Å². The molecule has 0 fully saturated rings. The second-order valence-corrected chi connectivity index (χ2v) is 2.21. The maximum absolute atomic E-state index is 11.0. The van der Waals surface area contributed by atoms with E-state index in [1.54, 1.807) is 26.0 Å². The molecule has 0 saturated heterocycles. The summed E-state index contributed by atoms with van der Waals surface area (Å²) >= 11 is 0. The number of aromatic nitrogens is 1. The van der Waals surface area contributed by atoms with Crippen molar-refractivity contribution in [3.8, 4) is 0 Å². The second-order valence-electron chi connectivity index (χ2n) is 2.21. The van der Waals surface area contributed by atoms with E-state index in [0.29, 0.717) is 10.6 Å². The van der Waals surface area contributed by atoms with Gasteiger partial charge in [-0.2, -0.15) is 0 Å². The number of rotatable bonds is 0. The van der Waals surface area contributed by atoms with Crippen molar-refractivity contribution < 1.29 is 4.42 Å². The van der Waals surface area contributed by atoms with Gasteiger partial charge >= 0.3 is 11.4 Å². The smallest absolute Gasteiger partial charge is 0.372 e. The molecule has 1 aromatic rings. The summed E-state index contributed by atoms with van der Waals surface area (Å²) in [7, 11) is 0. The number of hydrogen-bond acceptors (Lipinski definition) is 3. The molecule has 0 bridgehead atoms. The highest BCUT2D eigenvalue weighted by Gasteiger charge is 1.93. The quantitative estimate of drug-likeness (QED) is 0.535. The standard InChI is InChI=1S/C8H9NO3/c1-3-5-6(4-2)9-8(11)12-7(5)10/h3-4H,1-2H3,(H,9,11)/b5-3+,6-4+. The third-order valence-corrected chi connectivity index (χ3v) is 1.51. The molecule has 0 atom stereocenters. The van der Waals surface area contributed by atoms with Gasteiger partial charge < -0.3 is 4.42 Å². The Kier molecular flexibility index (Phi) is 2.28. The van der Waals surface area contributed by atoms with Crippen molar-refractivity contribution in [2.75, 3.05) is 0 Å². The lowest BCUT2D eigenvalue weighted by Crippen LogP contribution is -2.44. The maximum Gasteiger partial charge on any atom is 0.419 e. The molecule has 0 amide bonds. The Bertz CT molecular complexity index is 492. The molecule has 1 rings (SSSR count). The van der Waals surface area contributed by atoms with E-state index in [1.165, 1.54) is 0 Å². The van der Waals surface area contributed by atoms with Gasteiger partial charge in [-0.25, -0.2) is 9.59 Å². The van der Waals surface area contributed by atoms with Gasteiger partial charge in [-0.05, 0) is 13.8 Å². The van der Waals surface area contributed by atoms with Gasteiger partial charge in [0.1, 0.15) is 0 Å². The normalized spacial score (nSPS) is 13.8. The molecule has 0 unspecified atom stereocenters. The van der Waals surface area contributed by atoms with Crippen molar-refractivity contribution in [1.82, 2.24) is 4.98 Å². The molecule has 1 N–H and O–H groups in total. The van der Waals surface area contributed by atoms with Crippen molar-refractivity contribution in [3.05, 3.63) is 31.5 Å². The molecule has 1 aromatic heterocycles. The zero-order valence-electron chi connectivity index (χ0n) is 6.88. The molecule has 0 radical (unpaired) electrons. The topological polar surface area (TPSA) is 63.1 Å². The van der Waals surface area contributed by atoms with E-state index in [1.807, 2.05) is 0 Å². The minimum absolute atomic E-state index is 0.386. The summed E-state index contributed by atoms with van der Waals surface area (Å²) in [5, 5.41) is 0.885. The molecular formula is C8H9NO3. The van der Waals surface area contributed by atoms with Gasteiger partial charge in [0.2, 0.25) is 0 Å². The molecule has 12 heavy (non-hydrogen) atoms. The molecule has 0 aliphatic heterocycles. The van der Waals surface area contributed by atoms with Crippen LogP contribution in [0, 0.1) is 0 Å². The van der Waals surface area contributed by atoms with Crippen molar-refractivity contribution in [1.29, 1.82) is 0 Å². The molecule has 0 aliphatic rings. The van der Waals surface area contributed by atoms with Gasteiger partial charge in [-0.1, -0.05) is 12.2 Å². The maximum atomic E-state index is 11.0. The molecule has 0 spiro atoms. The first-order chi connectivity index (χ1) is 5.69. The number of hydrogen-bond donors (Lipinski definition) is 1. The van der Waals surface area contributed by atoms with Gasteiger partial charge in [0.15, 0.2) is 0 Å². The van der Waals surface area contributed by atoms with Crippen molar-refractivity contribution >= 4 is 12.2 Å². The summed E-state index contributed by atoms with van der Waals surface area (Å²) in [5.74, 6) is -0.723. The van der Waals surface area contributed by atoms with E-state index in [2.05, 4.69) is 9.40 Å². The van der Waals surface area contributed by atoms with Crippen LogP contribution in [-0.2, 0) is 0 Å². The average molecular weight is 167 g/mol. The first-order valence-electron chi connectivity index (χ1n) is 3.55. The summed E-state index contributed by atoms with van der Waals surface area (Å²) < 4.78 is 4.32. The first-order valence-corrected chi connectivity index (χ1v) is 3.55. The van der Waals surface area contributed by atoms with Gasteiger partial charge in [0.05, 0.1) is 10.6 Å². The summed E-state index contributed by atoms with van der Waals surface area (Å²) in [6.07, 6.45) is 3.24. The van der Waals surface area contributed by atoms with Crippen molar-refractivity contribution in [2.24, 2.45) is 0 Å². The van der Waals surface area contributed by atoms with Crippen LogP contribution in [0.1, 0.15) is 13.8 Å². The lowest BCUT2D eigenvalue weighted by Gasteiger charge is -1.85. The minimum Gasteiger partial charge on any atom is -0.372 e. The second kappa shape index (κ2) is 3.21. The SMILES string of the molecule is C/C=c1/[nH]c(=O)oc(=O)/c1=C/C. The predicted octanol–water partition coefficient (Wildman–Crippen LogP) is -1.07. The Morgan fingerprint density at radius 3 is 2.42 bits per heavy atom. The highest BCUT2D eigenvalue weighted by molar-refractivity contribution is 5.22. The van der Waals surface area contributed by atoms with E-state index < -0.39 is 11.4 Å². The Morgan fingerprint density at radius 2 is 1.92 bits per heavy atom. The van der Waals surface area contributed by atoms with Crippen LogP contribution >= 0.6 is 0 Å². The predicted molar refractivity (Wildman–Crippen MR) is 45.1 cm³/mol. The van der Waals surface area contributed by atoms with Crippen LogP contribution in [0.3, 0.4) is 0 Å². The first kappa shape index (κ1) is 8.52. The Hall–Kier alpha value is -1.58. The van der Waals surface area contributed by atoms with E-state index in [4.69, 9.17) is 0 Å². The van der Waals surface area contributed by atoms with Gasteiger partial charge in [-0.3, -0.25) is 4.98 Å². The van der Waals surface area contributed by atoms with Crippen molar-refractivity contribution in [2.45, 2.75) is 13.8 Å². The fraction of sp³-hybridized carbons (Fsp3) is 0.250. The van der Waals surface area contributed by atoms with Crippen LogP contribution in [0.15, 0.2) is 14.0 Å². The molecule has 4 nitrogen and oxygen atoms in total. The zero-order chi connectivity index (χ0) is 9.14. The van der Waals surface area contributed by atoms with Crippen LogP contribution in [0.25, 0.3) is 12.2 Å². The molecule has 4 heteroatoms. The van der Waals surface area contributed by atoms with Crippen LogP contribution in [0.2, 0.25) is 0 Å². The fourth-order valence-corrected chi connectivity index (χ4v) is 0.953. The summed E-state index contributed by atoms with van der Waals surface area (Å²) in [6.45, 7) is 3.44. The van der Waals surface area contributed by atoms with Crippen LogP contribution in [-0.4, -0.2) is 4.98 Å². The van der Waals surface area contributed by atoms with Gasteiger partial charge in [-0.15, -0.1) is 0 Å². The lowest BCUT2D eigenvalue weighted by molar-refractivity contribution is 0.440. The van der Waals surface area contributed by atoms with E-state index in [9.17, 15) is 9.59 Å². The van der Waals surface area contributed by atoms with E-state index in [0.717, 1.165) is 0 Å². The van der Waals surface area contributed by atoms with Crippen LogP contribution in [0.5, 0.6) is 0 Å². The molecule has 0 aromatic carbocycles. The molecule has 0 saturated carbocycles. The fourth-order valence-electron chi connectivity index (χ4n) is 0.953. The van der Waals surface area contributed by atoms with Crippen molar-refractivity contribution in [3.63, 3.8) is 0 Å². The third-order valence-electron chi connectivity index (χ3n) is 1.51. The van der Waals surface area contributed by atoms with Gasteiger partial charge in [0, 0.05) is 0 Å². The zero-order valence-corrected chi connectivity index (χ0v) is 6.88. The Morgan fingerprint density at radius 1 is 1.25 bits per heavy atom. The average Bonchev–Trinajstić information content (AvgIpc) is 2.03. The summed E-state index contributed by atoms with van der Waals surface area (Å²) in [4.78, 5) is 24.1. The summed E-state index contributed by atoms with van der Waals surface area (Å²) in [6, 6.07) is 0. The van der Waals surface area contributed by atoms with E-state index in [-0.39, 0.29) is 0 Å². The monoisotopic (exact) mass is 167 g/mol. The number of H-pyrrole nitrogens is 1. The third kappa shape index (κ3) is 1.37. The molecule has 1 heterocycles. The Balaban J connectivity index is 3.96.